The predicted octanol–water partition coefficient (Wildman–Crippen LogP) is 4.74. The Morgan fingerprint density at radius 3 is 1.71 bits per heavy atom. The monoisotopic (exact) mass is 476 g/mol. The second kappa shape index (κ2) is 10.5. The lowest BCUT2D eigenvalue weighted by molar-refractivity contribution is 0.0693. The summed E-state index contributed by atoms with van der Waals surface area (Å²) < 4.78 is 11.3. The van der Waals surface area contributed by atoms with Crippen molar-refractivity contribution in [2.24, 2.45) is 0 Å². The molecule has 0 aliphatic carbocycles. The summed E-state index contributed by atoms with van der Waals surface area (Å²) in [7, 11) is 0. The molecule has 0 amide bonds. The molecule has 4 aromatic carbocycles. The van der Waals surface area contributed by atoms with Crippen molar-refractivity contribution in [2.75, 3.05) is 0 Å². The minimum Gasteiger partial charge on any atom is -0.422 e. The SMILES string of the molecule is O=C(Oc1ccc(OC(=O)c2ccccc2)c2cc(CC(O)C(O)Cl)ccc12)c1ccccc1. The zero-order valence-corrected chi connectivity index (χ0v) is 18.7. The van der Waals surface area contributed by atoms with Crippen LogP contribution in [0.2, 0.25) is 0 Å². The van der Waals surface area contributed by atoms with Gasteiger partial charge < -0.3 is 19.7 Å². The fourth-order valence-corrected chi connectivity index (χ4v) is 3.54. The Morgan fingerprint density at radius 2 is 1.21 bits per heavy atom. The second-order valence-electron chi connectivity index (χ2n) is 7.60. The van der Waals surface area contributed by atoms with Crippen LogP contribution in [0.5, 0.6) is 11.5 Å². The third kappa shape index (κ3) is 5.43. The number of carbonyl (C=O) groups is 2. The third-order valence-electron chi connectivity index (χ3n) is 5.19. The van der Waals surface area contributed by atoms with Gasteiger partial charge >= 0.3 is 11.9 Å². The number of aliphatic hydroxyl groups is 2. The molecule has 2 N–H and O–H groups in total. The Hall–Kier alpha value is -3.71. The number of halogens is 1. The smallest absolute Gasteiger partial charge is 0.343 e. The van der Waals surface area contributed by atoms with Crippen molar-refractivity contribution in [3.63, 3.8) is 0 Å². The summed E-state index contributed by atoms with van der Waals surface area (Å²) in [6.07, 6.45) is -1.12. The predicted molar refractivity (Wildman–Crippen MR) is 128 cm³/mol. The molecule has 0 aliphatic rings. The van der Waals surface area contributed by atoms with Gasteiger partial charge in [0, 0.05) is 17.2 Å². The number of esters is 2. The van der Waals surface area contributed by atoms with Crippen LogP contribution in [0.4, 0.5) is 0 Å². The van der Waals surface area contributed by atoms with Crippen LogP contribution in [-0.4, -0.2) is 33.8 Å². The summed E-state index contributed by atoms with van der Waals surface area (Å²) in [6, 6.07) is 25.4. The van der Waals surface area contributed by atoms with Crippen LogP contribution in [0, 0.1) is 0 Å². The summed E-state index contributed by atoms with van der Waals surface area (Å²) in [5.74, 6) is -0.530. The molecule has 0 aliphatic heterocycles. The highest BCUT2D eigenvalue weighted by molar-refractivity contribution is 6.19. The van der Waals surface area contributed by atoms with Crippen molar-refractivity contribution >= 4 is 34.3 Å². The third-order valence-corrected chi connectivity index (χ3v) is 5.48. The molecule has 0 saturated carbocycles. The van der Waals surface area contributed by atoms with Gasteiger partial charge in [-0.05, 0) is 48.0 Å². The van der Waals surface area contributed by atoms with Gasteiger partial charge in [-0.1, -0.05) is 60.1 Å². The average Bonchev–Trinajstić information content (AvgIpc) is 2.86. The molecule has 7 heteroatoms. The van der Waals surface area contributed by atoms with Crippen molar-refractivity contribution < 1.29 is 29.3 Å². The summed E-state index contributed by atoms with van der Waals surface area (Å²) in [4.78, 5) is 25.3. The Kier molecular flexibility index (Phi) is 7.23. The second-order valence-corrected chi connectivity index (χ2v) is 8.04. The Balaban J connectivity index is 1.72. The number of hydrogen-bond acceptors (Lipinski definition) is 6. The Morgan fingerprint density at radius 1 is 0.706 bits per heavy atom. The molecule has 2 atom stereocenters. The molecular formula is C27H21ClO6. The molecule has 172 valence electrons. The van der Waals surface area contributed by atoms with Gasteiger partial charge in [-0.3, -0.25) is 0 Å². The summed E-state index contributed by atoms with van der Waals surface area (Å²) in [5, 5.41) is 20.4. The maximum atomic E-state index is 12.7. The highest BCUT2D eigenvalue weighted by atomic mass is 35.5. The van der Waals surface area contributed by atoms with Gasteiger partial charge in [-0.15, -0.1) is 0 Å². The van der Waals surface area contributed by atoms with Crippen LogP contribution >= 0.6 is 11.6 Å². The van der Waals surface area contributed by atoms with Gasteiger partial charge in [0.1, 0.15) is 11.5 Å². The highest BCUT2D eigenvalue weighted by Gasteiger charge is 2.18. The number of rotatable bonds is 7. The van der Waals surface area contributed by atoms with Gasteiger partial charge in [0.25, 0.3) is 0 Å². The molecular weight excluding hydrogens is 456 g/mol. The first-order chi connectivity index (χ1) is 16.4. The fraction of sp³-hybridized carbons (Fsp3) is 0.111. The van der Waals surface area contributed by atoms with Crippen LogP contribution in [0.3, 0.4) is 0 Å². The van der Waals surface area contributed by atoms with E-state index in [9.17, 15) is 19.8 Å². The summed E-state index contributed by atoms with van der Waals surface area (Å²) in [6.45, 7) is 0. The number of aliphatic hydroxyl groups excluding tert-OH is 2. The van der Waals surface area contributed by atoms with Crippen LogP contribution in [0.25, 0.3) is 10.8 Å². The van der Waals surface area contributed by atoms with E-state index in [2.05, 4.69) is 0 Å². The lowest BCUT2D eigenvalue weighted by Crippen LogP contribution is -2.22. The van der Waals surface area contributed by atoms with Crippen LogP contribution < -0.4 is 9.47 Å². The van der Waals surface area contributed by atoms with E-state index < -0.39 is 23.6 Å². The van der Waals surface area contributed by atoms with Gasteiger partial charge in [-0.25, -0.2) is 9.59 Å². The van der Waals surface area contributed by atoms with Crippen LogP contribution in [0.1, 0.15) is 26.3 Å². The first kappa shape index (κ1) is 23.4. The fourth-order valence-electron chi connectivity index (χ4n) is 3.45. The molecule has 2 unspecified atom stereocenters. The quantitative estimate of drug-likeness (QED) is 0.227. The van der Waals surface area contributed by atoms with Gasteiger partial charge in [0.2, 0.25) is 0 Å². The molecule has 0 aromatic heterocycles. The van der Waals surface area contributed by atoms with Crippen LogP contribution in [-0.2, 0) is 6.42 Å². The minimum absolute atomic E-state index is 0.0701. The molecule has 6 nitrogen and oxygen atoms in total. The lowest BCUT2D eigenvalue weighted by Gasteiger charge is -2.15. The molecule has 0 bridgehead atoms. The van der Waals surface area contributed by atoms with Crippen molar-refractivity contribution in [2.45, 2.75) is 18.1 Å². The van der Waals surface area contributed by atoms with Crippen LogP contribution in [0.15, 0.2) is 91.0 Å². The highest BCUT2D eigenvalue weighted by Crippen LogP contribution is 2.35. The number of fused-ring (bicyclic) bond motifs is 1. The maximum Gasteiger partial charge on any atom is 0.343 e. The first-order valence-corrected chi connectivity index (χ1v) is 11.0. The topological polar surface area (TPSA) is 93.1 Å². The Bertz CT molecular complexity index is 1310. The molecule has 4 rings (SSSR count). The van der Waals surface area contributed by atoms with Crippen molar-refractivity contribution in [1.29, 1.82) is 0 Å². The minimum atomic E-state index is -1.43. The number of carbonyl (C=O) groups excluding carboxylic acids is 2. The molecule has 0 saturated heterocycles. The Labute approximate surface area is 200 Å². The van der Waals surface area contributed by atoms with E-state index >= 15 is 0 Å². The largest absolute Gasteiger partial charge is 0.422 e. The molecule has 34 heavy (non-hydrogen) atoms. The normalized spacial score (nSPS) is 12.7. The van der Waals surface area contributed by atoms with Gasteiger partial charge in [0.15, 0.2) is 5.56 Å². The lowest BCUT2D eigenvalue weighted by atomic mass is 10.0. The number of hydrogen-bond donors (Lipinski definition) is 2. The number of alkyl halides is 1. The van der Waals surface area contributed by atoms with E-state index in [0.29, 0.717) is 27.5 Å². The van der Waals surface area contributed by atoms with Gasteiger partial charge in [0.05, 0.1) is 17.2 Å². The van der Waals surface area contributed by atoms with Crippen molar-refractivity contribution in [1.82, 2.24) is 0 Å². The average molecular weight is 477 g/mol. The number of ether oxygens (including phenoxy) is 2. The standard InChI is InChI=1S/C27H21ClO6/c28-25(30)22(29)16-17-11-12-20-21(15-17)24(34-27(32)19-9-5-2-6-10-19)14-13-23(20)33-26(31)18-7-3-1-4-8-18/h1-15,22,25,29-30H,16H2. The first-order valence-electron chi connectivity index (χ1n) is 10.5. The van der Waals surface area contributed by atoms with Gasteiger partial charge in [-0.2, -0.15) is 0 Å². The van der Waals surface area contributed by atoms with E-state index in [-0.39, 0.29) is 17.9 Å². The number of benzene rings is 4. The molecule has 0 radical (unpaired) electrons. The summed E-state index contributed by atoms with van der Waals surface area (Å²) >= 11 is 5.58. The van der Waals surface area contributed by atoms with Crippen molar-refractivity contribution in [3.8, 4) is 11.5 Å². The zero-order valence-electron chi connectivity index (χ0n) is 17.9. The van der Waals surface area contributed by atoms with Crippen molar-refractivity contribution in [3.05, 3.63) is 108 Å². The maximum absolute atomic E-state index is 12.7. The molecule has 0 spiro atoms. The molecule has 0 heterocycles. The van der Waals surface area contributed by atoms with E-state index in [1.54, 1.807) is 91.0 Å². The van der Waals surface area contributed by atoms with E-state index in [0.717, 1.165) is 0 Å². The van der Waals surface area contributed by atoms with E-state index in [4.69, 9.17) is 21.1 Å². The van der Waals surface area contributed by atoms with E-state index in [1.165, 1.54) is 0 Å². The molecule has 0 fully saturated rings. The molecule has 4 aromatic rings. The summed E-state index contributed by atoms with van der Waals surface area (Å²) in [5.41, 5.74) is -0.00868. The zero-order chi connectivity index (χ0) is 24.1. The van der Waals surface area contributed by atoms with E-state index in [1.807, 2.05) is 0 Å².